The van der Waals surface area contributed by atoms with E-state index in [1.807, 2.05) is 52.8 Å². The molecule has 0 spiro atoms. The average Bonchev–Trinajstić information content (AvgIpc) is 2.47. The number of anilines is 1. The number of phenols is 1. The standard InChI is InChI=1S/C14H22BNO3/c1-13(2)14(3,4)19-15(18-13)11-8-7-10(17)9-12(11)16(5)6/h7-9,17H,1-6H3. The van der Waals surface area contributed by atoms with Crippen molar-refractivity contribution in [1.82, 2.24) is 0 Å². The summed E-state index contributed by atoms with van der Waals surface area (Å²) in [5.74, 6) is 0.240. The van der Waals surface area contributed by atoms with Gasteiger partial charge in [-0.15, -0.1) is 0 Å². The maximum absolute atomic E-state index is 9.63. The van der Waals surface area contributed by atoms with Gasteiger partial charge in [0.1, 0.15) is 5.75 Å². The van der Waals surface area contributed by atoms with E-state index in [2.05, 4.69) is 0 Å². The molecular formula is C14H22BNO3. The lowest BCUT2D eigenvalue weighted by Crippen LogP contribution is -2.41. The van der Waals surface area contributed by atoms with Gasteiger partial charge in [-0.25, -0.2) is 0 Å². The van der Waals surface area contributed by atoms with E-state index in [-0.39, 0.29) is 17.0 Å². The Hall–Kier alpha value is -1.20. The molecule has 0 saturated carbocycles. The topological polar surface area (TPSA) is 41.9 Å². The van der Waals surface area contributed by atoms with Crippen LogP contribution in [-0.2, 0) is 9.31 Å². The van der Waals surface area contributed by atoms with Gasteiger partial charge in [0.15, 0.2) is 0 Å². The van der Waals surface area contributed by atoms with E-state index in [9.17, 15) is 5.11 Å². The molecule has 0 aliphatic carbocycles. The molecule has 1 aromatic rings. The summed E-state index contributed by atoms with van der Waals surface area (Å²) in [7, 11) is 3.45. The minimum absolute atomic E-state index is 0.240. The zero-order chi connectivity index (χ0) is 14.4. The minimum Gasteiger partial charge on any atom is -0.508 e. The average molecular weight is 263 g/mol. The molecule has 0 amide bonds. The summed E-state index contributed by atoms with van der Waals surface area (Å²) in [6.07, 6.45) is 0. The van der Waals surface area contributed by atoms with Crippen molar-refractivity contribution >= 4 is 18.3 Å². The normalized spacial score (nSPS) is 20.6. The molecule has 104 valence electrons. The highest BCUT2D eigenvalue weighted by atomic mass is 16.7. The highest BCUT2D eigenvalue weighted by molar-refractivity contribution is 6.64. The van der Waals surface area contributed by atoms with Gasteiger partial charge in [0.25, 0.3) is 0 Å². The van der Waals surface area contributed by atoms with Crippen LogP contribution in [0.5, 0.6) is 5.75 Å². The van der Waals surface area contributed by atoms with E-state index in [4.69, 9.17) is 9.31 Å². The van der Waals surface area contributed by atoms with Crippen LogP contribution in [0.4, 0.5) is 5.69 Å². The molecular weight excluding hydrogens is 241 g/mol. The lowest BCUT2D eigenvalue weighted by Gasteiger charge is -2.32. The lowest BCUT2D eigenvalue weighted by molar-refractivity contribution is 0.00578. The van der Waals surface area contributed by atoms with Crippen LogP contribution in [0.3, 0.4) is 0 Å². The summed E-state index contributed by atoms with van der Waals surface area (Å²) in [6.45, 7) is 8.12. The first-order chi connectivity index (χ1) is 8.64. The van der Waals surface area contributed by atoms with Crippen LogP contribution in [0.15, 0.2) is 18.2 Å². The highest BCUT2D eigenvalue weighted by Gasteiger charge is 2.52. The van der Waals surface area contributed by atoms with E-state index in [0.29, 0.717) is 0 Å². The Kier molecular flexibility index (Phi) is 3.31. The van der Waals surface area contributed by atoms with E-state index in [1.54, 1.807) is 12.1 Å². The molecule has 1 N–H and O–H groups in total. The van der Waals surface area contributed by atoms with Crippen molar-refractivity contribution in [1.29, 1.82) is 0 Å². The van der Waals surface area contributed by atoms with Crippen molar-refractivity contribution < 1.29 is 14.4 Å². The first-order valence-corrected chi connectivity index (χ1v) is 6.50. The fourth-order valence-corrected chi connectivity index (χ4v) is 2.09. The van der Waals surface area contributed by atoms with Gasteiger partial charge in [-0.05, 0) is 33.8 Å². The van der Waals surface area contributed by atoms with Crippen molar-refractivity contribution in [2.45, 2.75) is 38.9 Å². The van der Waals surface area contributed by atoms with Crippen molar-refractivity contribution in [3.8, 4) is 5.75 Å². The van der Waals surface area contributed by atoms with Crippen molar-refractivity contribution in [3.63, 3.8) is 0 Å². The number of hydrogen-bond donors (Lipinski definition) is 1. The van der Waals surface area contributed by atoms with Crippen LogP contribution in [0, 0.1) is 0 Å². The molecule has 1 saturated heterocycles. The highest BCUT2D eigenvalue weighted by Crippen LogP contribution is 2.37. The van der Waals surface area contributed by atoms with Crippen molar-refractivity contribution in [2.75, 3.05) is 19.0 Å². The summed E-state index contributed by atoms with van der Waals surface area (Å²) in [4.78, 5) is 1.94. The predicted octanol–water partition coefficient (Wildman–Crippen LogP) is 1.76. The fourth-order valence-electron chi connectivity index (χ4n) is 2.09. The Morgan fingerprint density at radius 2 is 1.58 bits per heavy atom. The summed E-state index contributed by atoms with van der Waals surface area (Å²) >= 11 is 0. The number of hydrogen-bond acceptors (Lipinski definition) is 4. The molecule has 2 rings (SSSR count). The van der Waals surface area contributed by atoms with Crippen LogP contribution >= 0.6 is 0 Å². The molecule has 0 bridgehead atoms. The Labute approximate surface area is 115 Å². The largest absolute Gasteiger partial charge is 0.508 e. The molecule has 19 heavy (non-hydrogen) atoms. The van der Waals surface area contributed by atoms with Gasteiger partial charge in [-0.2, -0.15) is 0 Å². The second-order valence-electron chi connectivity index (χ2n) is 6.23. The molecule has 0 radical (unpaired) electrons. The number of nitrogens with zero attached hydrogens (tertiary/aromatic N) is 1. The minimum atomic E-state index is -0.414. The molecule has 0 atom stereocenters. The zero-order valence-corrected chi connectivity index (χ0v) is 12.5. The summed E-state index contributed by atoms with van der Waals surface area (Å²) < 4.78 is 12.1. The third kappa shape index (κ3) is 2.45. The maximum atomic E-state index is 9.63. The SMILES string of the molecule is CN(C)c1cc(O)ccc1B1OC(C)(C)C(C)(C)O1. The number of phenolic OH excluding ortho intramolecular Hbond substituents is 1. The van der Waals surface area contributed by atoms with Gasteiger partial charge in [0.2, 0.25) is 0 Å². The van der Waals surface area contributed by atoms with Gasteiger partial charge in [-0.1, -0.05) is 6.07 Å². The van der Waals surface area contributed by atoms with Crippen LogP contribution < -0.4 is 10.4 Å². The Balaban J connectivity index is 2.39. The summed E-state index contributed by atoms with van der Waals surface area (Å²) in [5, 5.41) is 9.63. The molecule has 1 aliphatic heterocycles. The van der Waals surface area contributed by atoms with Gasteiger partial charge < -0.3 is 19.3 Å². The quantitative estimate of drug-likeness (QED) is 0.825. The Bertz CT molecular complexity index is 470. The molecule has 1 heterocycles. The van der Waals surface area contributed by atoms with Gasteiger partial charge in [0.05, 0.1) is 11.2 Å². The van der Waals surface area contributed by atoms with E-state index in [0.717, 1.165) is 11.2 Å². The van der Waals surface area contributed by atoms with Crippen molar-refractivity contribution in [3.05, 3.63) is 18.2 Å². The number of benzene rings is 1. The van der Waals surface area contributed by atoms with Gasteiger partial charge in [-0.3, -0.25) is 0 Å². The van der Waals surface area contributed by atoms with Crippen LogP contribution in [-0.4, -0.2) is 37.5 Å². The monoisotopic (exact) mass is 263 g/mol. The molecule has 0 aromatic heterocycles. The fraction of sp³-hybridized carbons (Fsp3) is 0.571. The Morgan fingerprint density at radius 1 is 1.05 bits per heavy atom. The molecule has 0 unspecified atom stereocenters. The zero-order valence-electron chi connectivity index (χ0n) is 12.5. The van der Waals surface area contributed by atoms with Crippen LogP contribution in [0.1, 0.15) is 27.7 Å². The molecule has 4 nitrogen and oxygen atoms in total. The van der Waals surface area contributed by atoms with Crippen LogP contribution in [0.2, 0.25) is 0 Å². The molecule has 1 aromatic carbocycles. The maximum Gasteiger partial charge on any atom is 0.496 e. The van der Waals surface area contributed by atoms with Crippen LogP contribution in [0.25, 0.3) is 0 Å². The molecule has 1 aliphatic rings. The second kappa shape index (κ2) is 4.42. The smallest absolute Gasteiger partial charge is 0.496 e. The van der Waals surface area contributed by atoms with Crippen molar-refractivity contribution in [2.24, 2.45) is 0 Å². The van der Waals surface area contributed by atoms with E-state index in [1.165, 1.54) is 0 Å². The molecule has 1 fully saturated rings. The second-order valence-corrected chi connectivity index (χ2v) is 6.23. The molecule has 5 heteroatoms. The third-order valence-electron chi connectivity index (χ3n) is 4.00. The van der Waals surface area contributed by atoms with E-state index >= 15 is 0 Å². The lowest BCUT2D eigenvalue weighted by atomic mass is 9.77. The first kappa shape index (κ1) is 14.2. The first-order valence-electron chi connectivity index (χ1n) is 6.50. The van der Waals surface area contributed by atoms with E-state index < -0.39 is 7.12 Å². The number of rotatable bonds is 2. The number of aromatic hydroxyl groups is 1. The summed E-state index contributed by atoms with van der Waals surface area (Å²) in [6, 6.07) is 5.24. The summed E-state index contributed by atoms with van der Waals surface area (Å²) in [5.41, 5.74) is 1.11. The predicted molar refractivity (Wildman–Crippen MR) is 78.1 cm³/mol. The van der Waals surface area contributed by atoms with Gasteiger partial charge >= 0.3 is 7.12 Å². The Morgan fingerprint density at radius 3 is 2.05 bits per heavy atom. The third-order valence-corrected chi connectivity index (χ3v) is 4.00. The van der Waals surface area contributed by atoms with Gasteiger partial charge in [0, 0.05) is 31.3 Å².